The van der Waals surface area contributed by atoms with E-state index in [0.29, 0.717) is 19.7 Å². The third-order valence-corrected chi connectivity index (χ3v) is 4.43. The molecule has 5 nitrogen and oxygen atoms in total. The van der Waals surface area contributed by atoms with Crippen molar-refractivity contribution in [3.63, 3.8) is 0 Å². The van der Waals surface area contributed by atoms with Crippen molar-refractivity contribution in [1.29, 1.82) is 5.26 Å². The van der Waals surface area contributed by atoms with E-state index in [1.807, 2.05) is 7.05 Å². The van der Waals surface area contributed by atoms with E-state index in [-0.39, 0.29) is 17.7 Å². The van der Waals surface area contributed by atoms with Crippen molar-refractivity contribution in [2.24, 2.45) is 0 Å². The lowest BCUT2D eigenvalue weighted by molar-refractivity contribution is -0.0871. The molecule has 0 aromatic heterocycles. The maximum Gasteiger partial charge on any atom is 0.260 e. The predicted molar refractivity (Wildman–Crippen MR) is 77.8 cm³/mol. The summed E-state index contributed by atoms with van der Waals surface area (Å²) in [5, 5.41) is 8.75. The van der Waals surface area contributed by atoms with Crippen LogP contribution in [0.2, 0.25) is 0 Å². The van der Waals surface area contributed by atoms with Crippen LogP contribution in [-0.2, 0) is 4.74 Å². The van der Waals surface area contributed by atoms with E-state index in [2.05, 4.69) is 4.90 Å². The molecular formula is C16H17F2N3O2. The van der Waals surface area contributed by atoms with Crippen LogP contribution >= 0.6 is 0 Å². The van der Waals surface area contributed by atoms with E-state index >= 15 is 0 Å². The summed E-state index contributed by atoms with van der Waals surface area (Å²) >= 11 is 0. The SMILES string of the molecule is CN1CCC2OCCN(C(=O)c3c(F)cc(C#N)cc3F)C2C1. The Hall–Kier alpha value is -2.04. The van der Waals surface area contributed by atoms with Crippen LogP contribution in [0, 0.1) is 23.0 Å². The van der Waals surface area contributed by atoms with Crippen molar-refractivity contribution < 1.29 is 18.3 Å². The molecule has 2 heterocycles. The molecule has 0 spiro atoms. The fraction of sp³-hybridized carbons (Fsp3) is 0.500. The van der Waals surface area contributed by atoms with Gasteiger partial charge in [-0.15, -0.1) is 0 Å². The number of amides is 1. The Morgan fingerprint density at radius 1 is 1.35 bits per heavy atom. The molecule has 2 saturated heterocycles. The highest BCUT2D eigenvalue weighted by atomic mass is 19.1. The van der Waals surface area contributed by atoms with Gasteiger partial charge in [0.2, 0.25) is 0 Å². The van der Waals surface area contributed by atoms with Gasteiger partial charge >= 0.3 is 0 Å². The van der Waals surface area contributed by atoms with Crippen LogP contribution in [0.5, 0.6) is 0 Å². The van der Waals surface area contributed by atoms with Gasteiger partial charge in [0.25, 0.3) is 5.91 Å². The summed E-state index contributed by atoms with van der Waals surface area (Å²) in [6.45, 7) is 2.13. The van der Waals surface area contributed by atoms with Gasteiger partial charge in [0.15, 0.2) is 0 Å². The molecule has 2 aliphatic rings. The fourth-order valence-corrected chi connectivity index (χ4v) is 3.27. The minimum Gasteiger partial charge on any atom is -0.374 e. The molecule has 7 heteroatoms. The molecule has 1 amide bonds. The highest BCUT2D eigenvalue weighted by molar-refractivity contribution is 5.95. The number of morpholine rings is 1. The van der Waals surface area contributed by atoms with Crippen LogP contribution in [0.3, 0.4) is 0 Å². The molecule has 1 aromatic rings. The van der Waals surface area contributed by atoms with Crippen molar-refractivity contribution in [3.8, 4) is 6.07 Å². The molecule has 0 radical (unpaired) electrons. The Kier molecular flexibility index (Phi) is 4.28. The summed E-state index contributed by atoms with van der Waals surface area (Å²) in [6.07, 6.45) is 0.678. The number of piperidine rings is 1. The monoisotopic (exact) mass is 321 g/mol. The van der Waals surface area contributed by atoms with E-state index in [9.17, 15) is 13.6 Å². The molecule has 0 aliphatic carbocycles. The lowest BCUT2D eigenvalue weighted by atomic mass is 9.98. The number of halogens is 2. The average molecular weight is 321 g/mol. The molecule has 0 N–H and O–H groups in total. The second-order valence-corrected chi connectivity index (χ2v) is 5.95. The Labute approximate surface area is 133 Å². The summed E-state index contributed by atoms with van der Waals surface area (Å²) in [4.78, 5) is 16.3. The molecular weight excluding hydrogens is 304 g/mol. The normalized spacial score (nSPS) is 24.9. The van der Waals surface area contributed by atoms with Crippen LogP contribution in [0.1, 0.15) is 22.3 Å². The zero-order valence-electron chi connectivity index (χ0n) is 12.8. The quantitative estimate of drug-likeness (QED) is 0.784. The summed E-state index contributed by atoms with van der Waals surface area (Å²) in [7, 11) is 1.94. The zero-order valence-corrected chi connectivity index (χ0v) is 12.8. The summed E-state index contributed by atoms with van der Waals surface area (Å²) < 4.78 is 33.9. The standard InChI is InChI=1S/C16H17F2N3O2/c1-20-3-2-14-13(9-20)21(4-5-23-14)16(22)15-11(17)6-10(8-19)7-12(15)18/h6-7,13-14H,2-5,9H2,1H3. The number of likely N-dealkylation sites (tertiary alicyclic amines) is 1. The average Bonchev–Trinajstić information content (AvgIpc) is 2.53. The van der Waals surface area contributed by atoms with E-state index in [4.69, 9.17) is 10.00 Å². The molecule has 3 rings (SSSR count). The van der Waals surface area contributed by atoms with Gasteiger partial charge in [-0.1, -0.05) is 0 Å². The van der Waals surface area contributed by atoms with Crippen LogP contribution in [0.15, 0.2) is 12.1 Å². The second-order valence-electron chi connectivity index (χ2n) is 5.95. The number of benzene rings is 1. The smallest absolute Gasteiger partial charge is 0.260 e. The summed E-state index contributed by atoms with van der Waals surface area (Å²) in [5.41, 5.74) is -0.744. The predicted octanol–water partition coefficient (Wildman–Crippen LogP) is 1.38. The minimum atomic E-state index is -1.00. The lowest BCUT2D eigenvalue weighted by Gasteiger charge is -2.46. The largest absolute Gasteiger partial charge is 0.374 e. The summed E-state index contributed by atoms with van der Waals surface area (Å²) in [6, 6.07) is 3.24. The number of fused-ring (bicyclic) bond motifs is 1. The third kappa shape index (κ3) is 2.92. The molecule has 1 aromatic carbocycles. The maximum absolute atomic E-state index is 14.1. The van der Waals surface area contributed by atoms with Gasteiger partial charge in [-0.3, -0.25) is 4.79 Å². The van der Waals surface area contributed by atoms with Gasteiger partial charge < -0.3 is 14.5 Å². The van der Waals surface area contributed by atoms with Crippen molar-refractivity contribution in [2.45, 2.75) is 18.6 Å². The van der Waals surface area contributed by atoms with Crippen molar-refractivity contribution in [2.75, 3.05) is 33.3 Å². The minimum absolute atomic E-state index is 0.103. The molecule has 2 atom stereocenters. The Balaban J connectivity index is 1.92. The first-order valence-corrected chi connectivity index (χ1v) is 7.51. The van der Waals surface area contributed by atoms with Gasteiger partial charge in [0.1, 0.15) is 17.2 Å². The first kappa shape index (κ1) is 15.8. The van der Waals surface area contributed by atoms with Crippen LogP contribution in [-0.4, -0.2) is 61.1 Å². The number of carbonyl (C=O) groups is 1. The number of likely N-dealkylation sites (N-methyl/N-ethyl adjacent to an activating group) is 1. The van der Waals surface area contributed by atoms with Crippen LogP contribution in [0.4, 0.5) is 8.78 Å². The Morgan fingerprint density at radius 3 is 2.70 bits per heavy atom. The number of nitriles is 1. The van der Waals surface area contributed by atoms with E-state index < -0.39 is 23.1 Å². The molecule has 2 fully saturated rings. The second kappa shape index (κ2) is 6.22. The third-order valence-electron chi connectivity index (χ3n) is 4.43. The van der Waals surface area contributed by atoms with Gasteiger partial charge in [-0.25, -0.2) is 8.78 Å². The highest BCUT2D eigenvalue weighted by Crippen LogP contribution is 2.26. The Morgan fingerprint density at radius 2 is 2.04 bits per heavy atom. The molecule has 0 saturated carbocycles. The van der Waals surface area contributed by atoms with E-state index in [1.165, 1.54) is 4.90 Å². The molecule has 23 heavy (non-hydrogen) atoms. The van der Waals surface area contributed by atoms with E-state index in [1.54, 1.807) is 6.07 Å². The number of carbonyl (C=O) groups excluding carboxylic acids is 1. The number of hydrogen-bond donors (Lipinski definition) is 0. The van der Waals surface area contributed by atoms with Crippen LogP contribution in [0.25, 0.3) is 0 Å². The van der Waals surface area contributed by atoms with Crippen molar-refractivity contribution in [1.82, 2.24) is 9.80 Å². The first-order valence-electron chi connectivity index (χ1n) is 7.51. The number of nitrogens with zero attached hydrogens (tertiary/aromatic N) is 3. The highest BCUT2D eigenvalue weighted by Gasteiger charge is 2.39. The molecule has 2 aliphatic heterocycles. The number of hydrogen-bond acceptors (Lipinski definition) is 4. The first-order chi connectivity index (χ1) is 11.0. The van der Waals surface area contributed by atoms with Gasteiger partial charge in [0, 0.05) is 19.6 Å². The fourth-order valence-electron chi connectivity index (χ4n) is 3.27. The lowest BCUT2D eigenvalue weighted by Crippen LogP contribution is -2.60. The van der Waals surface area contributed by atoms with Gasteiger partial charge in [-0.05, 0) is 25.6 Å². The van der Waals surface area contributed by atoms with Crippen molar-refractivity contribution in [3.05, 3.63) is 34.9 Å². The summed E-state index contributed by atoms with van der Waals surface area (Å²) in [5.74, 6) is -2.68. The number of ether oxygens (including phenoxy) is 1. The van der Waals surface area contributed by atoms with Crippen molar-refractivity contribution >= 4 is 5.91 Å². The van der Waals surface area contributed by atoms with Gasteiger partial charge in [0.05, 0.1) is 30.4 Å². The molecule has 0 bridgehead atoms. The zero-order chi connectivity index (χ0) is 16.6. The van der Waals surface area contributed by atoms with E-state index in [0.717, 1.165) is 25.1 Å². The molecule has 122 valence electrons. The number of rotatable bonds is 1. The topological polar surface area (TPSA) is 56.6 Å². The van der Waals surface area contributed by atoms with Gasteiger partial charge in [-0.2, -0.15) is 5.26 Å². The molecule has 2 unspecified atom stereocenters. The maximum atomic E-state index is 14.1. The Bertz CT molecular complexity index is 651. The van der Waals surface area contributed by atoms with Crippen LogP contribution < -0.4 is 0 Å².